The van der Waals surface area contributed by atoms with E-state index < -0.39 is 14.6 Å². The lowest BCUT2D eigenvalue weighted by Gasteiger charge is -2.23. The highest BCUT2D eigenvalue weighted by atomic mass is 32.2. The Morgan fingerprint density at radius 1 is 1.50 bits per heavy atom. The largest absolute Gasteiger partial charge is 0.396 e. The topological polar surface area (TPSA) is 109 Å². The lowest BCUT2D eigenvalue weighted by molar-refractivity contribution is 0.559. The molecule has 0 aliphatic heterocycles. The predicted molar refractivity (Wildman–Crippen MR) is 70.8 cm³/mol. The first-order valence-corrected chi connectivity index (χ1v) is 7.16. The molecule has 1 aromatic rings. The SMILES string of the molecule is CC(C)(CNc1ccc(N)c(C#N)n1)S(C)(=O)=O. The summed E-state index contributed by atoms with van der Waals surface area (Å²) in [5, 5.41) is 11.7. The highest BCUT2D eigenvalue weighted by Crippen LogP contribution is 2.17. The van der Waals surface area contributed by atoms with Crippen LogP contribution in [-0.2, 0) is 9.84 Å². The van der Waals surface area contributed by atoms with Gasteiger partial charge in [-0.1, -0.05) is 0 Å². The lowest BCUT2D eigenvalue weighted by atomic mass is 10.2. The van der Waals surface area contributed by atoms with Gasteiger partial charge in [-0.15, -0.1) is 0 Å². The molecule has 0 saturated heterocycles. The molecule has 0 bridgehead atoms. The van der Waals surface area contributed by atoms with E-state index in [1.807, 2.05) is 6.07 Å². The third kappa shape index (κ3) is 3.11. The monoisotopic (exact) mass is 268 g/mol. The third-order valence-corrected chi connectivity index (χ3v) is 4.88. The molecule has 0 unspecified atom stereocenters. The molecule has 98 valence electrons. The quantitative estimate of drug-likeness (QED) is 0.834. The molecule has 1 aromatic heterocycles. The van der Waals surface area contributed by atoms with Gasteiger partial charge in [-0.05, 0) is 26.0 Å². The van der Waals surface area contributed by atoms with Crippen LogP contribution >= 0.6 is 0 Å². The summed E-state index contributed by atoms with van der Waals surface area (Å²) in [4.78, 5) is 3.98. The zero-order chi connectivity index (χ0) is 14.0. The van der Waals surface area contributed by atoms with Gasteiger partial charge in [-0.25, -0.2) is 13.4 Å². The number of nitrogen functional groups attached to an aromatic ring is 1. The van der Waals surface area contributed by atoms with Gasteiger partial charge in [0, 0.05) is 12.8 Å². The molecular weight excluding hydrogens is 252 g/mol. The molecular formula is C11H16N4O2S. The number of aromatic nitrogens is 1. The summed E-state index contributed by atoms with van der Waals surface area (Å²) in [7, 11) is -3.18. The van der Waals surface area contributed by atoms with Gasteiger partial charge in [0.15, 0.2) is 15.5 Å². The Bertz CT molecular complexity index is 588. The van der Waals surface area contributed by atoms with Crippen LogP contribution in [0.3, 0.4) is 0 Å². The molecule has 6 nitrogen and oxygen atoms in total. The third-order valence-electron chi connectivity index (χ3n) is 2.73. The second kappa shape index (κ2) is 4.82. The Kier molecular flexibility index (Phi) is 3.82. The second-order valence-corrected chi connectivity index (χ2v) is 7.28. The van der Waals surface area contributed by atoms with Gasteiger partial charge in [0.25, 0.3) is 0 Å². The molecule has 0 aliphatic rings. The van der Waals surface area contributed by atoms with E-state index in [2.05, 4.69) is 10.3 Å². The number of nitriles is 1. The fourth-order valence-electron chi connectivity index (χ4n) is 1.09. The van der Waals surface area contributed by atoms with E-state index in [0.717, 1.165) is 0 Å². The van der Waals surface area contributed by atoms with Gasteiger partial charge in [-0.3, -0.25) is 0 Å². The number of anilines is 2. The van der Waals surface area contributed by atoms with Crippen LogP contribution in [0, 0.1) is 11.3 Å². The summed E-state index contributed by atoms with van der Waals surface area (Å²) in [6.07, 6.45) is 1.19. The first-order valence-electron chi connectivity index (χ1n) is 5.27. The number of nitrogens with zero attached hydrogens (tertiary/aromatic N) is 2. The van der Waals surface area contributed by atoms with E-state index in [4.69, 9.17) is 11.0 Å². The second-order valence-electron chi connectivity index (χ2n) is 4.63. The van der Waals surface area contributed by atoms with Crippen molar-refractivity contribution >= 4 is 21.3 Å². The zero-order valence-electron chi connectivity index (χ0n) is 10.6. The molecule has 0 radical (unpaired) electrons. The van der Waals surface area contributed by atoms with Gasteiger partial charge in [-0.2, -0.15) is 5.26 Å². The number of hydrogen-bond donors (Lipinski definition) is 2. The van der Waals surface area contributed by atoms with Gasteiger partial charge in [0.05, 0.1) is 10.4 Å². The van der Waals surface area contributed by atoms with Gasteiger partial charge >= 0.3 is 0 Å². The Labute approximate surface area is 107 Å². The van der Waals surface area contributed by atoms with Crippen LogP contribution in [0.15, 0.2) is 12.1 Å². The molecule has 7 heteroatoms. The molecule has 1 heterocycles. The van der Waals surface area contributed by atoms with Crippen LogP contribution in [0.4, 0.5) is 11.5 Å². The number of rotatable bonds is 4. The minimum atomic E-state index is -3.18. The van der Waals surface area contributed by atoms with Crippen molar-refractivity contribution in [3.63, 3.8) is 0 Å². The molecule has 0 aliphatic carbocycles. The molecule has 0 atom stereocenters. The molecule has 0 saturated carbocycles. The van der Waals surface area contributed by atoms with Crippen molar-refractivity contribution in [2.24, 2.45) is 0 Å². The minimum Gasteiger partial charge on any atom is -0.396 e. The average molecular weight is 268 g/mol. The molecule has 3 N–H and O–H groups in total. The Hall–Kier alpha value is -1.81. The van der Waals surface area contributed by atoms with E-state index in [-0.39, 0.29) is 12.2 Å². The lowest BCUT2D eigenvalue weighted by Crippen LogP contribution is -2.38. The highest BCUT2D eigenvalue weighted by Gasteiger charge is 2.29. The van der Waals surface area contributed by atoms with Crippen LogP contribution in [0.1, 0.15) is 19.5 Å². The number of nitrogens with one attached hydrogen (secondary N) is 1. The summed E-state index contributed by atoms with van der Waals surface area (Å²) in [5.74, 6) is 0.428. The van der Waals surface area contributed by atoms with Crippen LogP contribution in [0.2, 0.25) is 0 Å². The van der Waals surface area contributed by atoms with Gasteiger partial charge < -0.3 is 11.1 Å². The summed E-state index contributed by atoms with van der Waals surface area (Å²) in [5.41, 5.74) is 5.96. The Balaban J connectivity index is 2.86. The van der Waals surface area contributed by atoms with Crippen molar-refractivity contribution in [2.45, 2.75) is 18.6 Å². The normalized spacial score (nSPS) is 11.9. The summed E-state index contributed by atoms with van der Waals surface area (Å²) in [6, 6.07) is 5.03. The van der Waals surface area contributed by atoms with Crippen LogP contribution in [-0.4, -0.2) is 30.9 Å². The maximum atomic E-state index is 11.5. The summed E-state index contributed by atoms with van der Waals surface area (Å²) >= 11 is 0. The fraction of sp³-hybridized carbons (Fsp3) is 0.455. The Morgan fingerprint density at radius 3 is 2.61 bits per heavy atom. The first kappa shape index (κ1) is 14.3. The van der Waals surface area contributed by atoms with Crippen molar-refractivity contribution in [1.29, 1.82) is 5.26 Å². The Morgan fingerprint density at radius 2 is 2.11 bits per heavy atom. The fourth-order valence-corrected chi connectivity index (χ4v) is 1.43. The van der Waals surface area contributed by atoms with E-state index >= 15 is 0 Å². The van der Waals surface area contributed by atoms with Gasteiger partial charge in [0.1, 0.15) is 11.9 Å². The predicted octanol–water partition coefficient (Wildman–Crippen LogP) is 0.771. The number of sulfone groups is 1. The van der Waals surface area contributed by atoms with Crippen molar-refractivity contribution in [3.05, 3.63) is 17.8 Å². The summed E-state index contributed by atoms with van der Waals surface area (Å²) < 4.78 is 22.1. The zero-order valence-corrected chi connectivity index (χ0v) is 11.4. The molecule has 0 fully saturated rings. The maximum absolute atomic E-state index is 11.5. The van der Waals surface area contributed by atoms with E-state index in [9.17, 15) is 8.42 Å². The van der Waals surface area contributed by atoms with Crippen molar-refractivity contribution in [1.82, 2.24) is 4.98 Å². The molecule has 1 rings (SSSR count). The minimum absolute atomic E-state index is 0.122. The molecule has 0 amide bonds. The average Bonchev–Trinajstić information content (AvgIpc) is 2.26. The van der Waals surface area contributed by atoms with Crippen molar-refractivity contribution in [3.8, 4) is 6.07 Å². The molecule has 0 spiro atoms. The van der Waals surface area contributed by atoms with Crippen LogP contribution in [0.5, 0.6) is 0 Å². The van der Waals surface area contributed by atoms with Crippen molar-refractivity contribution < 1.29 is 8.42 Å². The number of pyridine rings is 1. The molecule has 0 aromatic carbocycles. The smallest absolute Gasteiger partial charge is 0.165 e. The van der Waals surface area contributed by atoms with Crippen LogP contribution in [0.25, 0.3) is 0 Å². The summed E-state index contributed by atoms with van der Waals surface area (Å²) in [6.45, 7) is 3.45. The van der Waals surface area contributed by atoms with E-state index in [0.29, 0.717) is 11.5 Å². The highest BCUT2D eigenvalue weighted by molar-refractivity contribution is 7.92. The van der Waals surface area contributed by atoms with Crippen molar-refractivity contribution in [2.75, 3.05) is 23.9 Å². The maximum Gasteiger partial charge on any atom is 0.165 e. The van der Waals surface area contributed by atoms with Gasteiger partial charge in [0.2, 0.25) is 0 Å². The van der Waals surface area contributed by atoms with E-state index in [1.54, 1.807) is 26.0 Å². The number of nitrogens with two attached hydrogens (primary N) is 1. The number of hydrogen-bond acceptors (Lipinski definition) is 6. The standard InChI is InChI=1S/C11H16N4O2S/c1-11(2,18(3,16)17)7-14-10-5-4-8(13)9(6-12)15-10/h4-5H,7,13H2,1-3H3,(H,14,15). The van der Waals surface area contributed by atoms with Crippen LogP contribution < -0.4 is 11.1 Å². The molecule has 18 heavy (non-hydrogen) atoms. The van der Waals surface area contributed by atoms with E-state index in [1.165, 1.54) is 6.26 Å². The first-order chi connectivity index (χ1) is 8.17.